The molecule has 1 amide bonds. The molecule has 2 aromatic carbocycles. The monoisotopic (exact) mass is 371 g/mol. The number of carbonyl (C=O) groups is 1. The molecular weight excluding hydrogens is 350 g/mol. The summed E-state index contributed by atoms with van der Waals surface area (Å²) in [6.45, 7) is 0.982. The number of aliphatic hydroxyl groups is 1. The fourth-order valence-electron chi connectivity index (χ4n) is 5.26. The number of amides is 1. The van der Waals surface area contributed by atoms with Gasteiger partial charge in [-0.15, -0.1) is 0 Å². The number of hydrogen-bond donors (Lipinski definition) is 3. The molecule has 28 heavy (non-hydrogen) atoms. The van der Waals surface area contributed by atoms with Gasteiger partial charge in [-0.25, -0.2) is 0 Å². The summed E-state index contributed by atoms with van der Waals surface area (Å²) in [5.74, 6) is -0.854. The van der Waals surface area contributed by atoms with Crippen LogP contribution in [0.25, 0.3) is 21.8 Å². The Morgan fingerprint density at radius 2 is 1.89 bits per heavy atom. The molecule has 0 saturated carbocycles. The minimum atomic E-state index is -0.894. The molecule has 140 valence electrons. The van der Waals surface area contributed by atoms with Crippen molar-refractivity contribution in [3.8, 4) is 0 Å². The van der Waals surface area contributed by atoms with Gasteiger partial charge in [-0.3, -0.25) is 4.79 Å². The quantitative estimate of drug-likeness (QED) is 0.506. The molecule has 0 bridgehead atoms. The van der Waals surface area contributed by atoms with Gasteiger partial charge in [0.15, 0.2) is 0 Å². The fourth-order valence-corrected chi connectivity index (χ4v) is 5.26. The lowest BCUT2D eigenvalue weighted by atomic mass is 9.82. The maximum absolute atomic E-state index is 12.9. The molecule has 1 fully saturated rings. The predicted octanol–water partition coefficient (Wildman–Crippen LogP) is 3.38. The van der Waals surface area contributed by atoms with E-state index in [1.165, 1.54) is 11.1 Å². The van der Waals surface area contributed by atoms with Crippen molar-refractivity contribution in [1.29, 1.82) is 0 Å². The molecule has 0 radical (unpaired) electrons. The molecule has 5 heteroatoms. The van der Waals surface area contributed by atoms with E-state index in [0.29, 0.717) is 0 Å². The number of aliphatic hydroxyl groups excluding tert-OH is 1. The maximum atomic E-state index is 12.9. The van der Waals surface area contributed by atoms with Crippen LogP contribution in [0.3, 0.4) is 0 Å². The van der Waals surface area contributed by atoms with Crippen LogP contribution in [0.1, 0.15) is 34.9 Å². The predicted molar refractivity (Wildman–Crippen MR) is 108 cm³/mol. The number of para-hydroxylation sites is 2. The summed E-state index contributed by atoms with van der Waals surface area (Å²) in [6, 6.07) is 14.4. The zero-order chi connectivity index (χ0) is 18.8. The van der Waals surface area contributed by atoms with Crippen molar-refractivity contribution < 1.29 is 9.90 Å². The second kappa shape index (κ2) is 5.72. The average molecular weight is 371 g/mol. The second-order valence-electron chi connectivity index (χ2n) is 7.94. The van der Waals surface area contributed by atoms with Crippen LogP contribution < -0.4 is 5.32 Å². The Bertz CT molecular complexity index is 1240. The van der Waals surface area contributed by atoms with E-state index in [4.69, 9.17) is 0 Å². The van der Waals surface area contributed by atoms with Crippen molar-refractivity contribution >= 4 is 27.7 Å². The minimum Gasteiger partial charge on any atom is -0.373 e. The molecule has 4 heterocycles. The minimum absolute atomic E-state index is 0.117. The number of rotatable bonds is 2. The van der Waals surface area contributed by atoms with Gasteiger partial charge in [0.2, 0.25) is 5.91 Å². The number of carbonyl (C=O) groups excluding carboxylic acids is 1. The third-order valence-electron chi connectivity index (χ3n) is 6.45. The third-order valence-corrected chi connectivity index (χ3v) is 6.45. The molecule has 4 aromatic rings. The van der Waals surface area contributed by atoms with Gasteiger partial charge in [0, 0.05) is 41.1 Å². The van der Waals surface area contributed by atoms with Crippen LogP contribution >= 0.6 is 0 Å². The van der Waals surface area contributed by atoms with E-state index in [0.717, 1.165) is 46.8 Å². The highest BCUT2D eigenvalue weighted by Crippen LogP contribution is 2.45. The van der Waals surface area contributed by atoms with Crippen LogP contribution in [0, 0.1) is 0 Å². The lowest BCUT2D eigenvalue weighted by molar-refractivity contribution is -0.121. The van der Waals surface area contributed by atoms with Crippen molar-refractivity contribution in [2.75, 3.05) is 0 Å². The summed E-state index contributed by atoms with van der Waals surface area (Å²) < 4.78 is 2.30. The third kappa shape index (κ3) is 2.08. The Morgan fingerprint density at radius 3 is 2.82 bits per heavy atom. The summed E-state index contributed by atoms with van der Waals surface area (Å²) in [7, 11) is 0. The Morgan fingerprint density at radius 1 is 1.04 bits per heavy atom. The number of aromatic nitrogens is 2. The van der Waals surface area contributed by atoms with Crippen molar-refractivity contribution in [3.63, 3.8) is 0 Å². The summed E-state index contributed by atoms with van der Waals surface area (Å²) in [4.78, 5) is 16.2. The van der Waals surface area contributed by atoms with Crippen LogP contribution in [0.5, 0.6) is 0 Å². The first-order valence-electron chi connectivity index (χ1n) is 9.87. The summed E-state index contributed by atoms with van der Waals surface area (Å²) >= 11 is 0. The van der Waals surface area contributed by atoms with E-state index < -0.39 is 12.1 Å². The zero-order valence-corrected chi connectivity index (χ0v) is 15.4. The van der Waals surface area contributed by atoms with E-state index in [2.05, 4.69) is 39.3 Å². The molecule has 3 N–H and O–H groups in total. The van der Waals surface area contributed by atoms with Crippen LogP contribution in [0.15, 0.2) is 54.9 Å². The number of H-pyrrole nitrogens is 1. The Labute approximate surface area is 162 Å². The molecule has 2 aliphatic rings. The van der Waals surface area contributed by atoms with Gasteiger partial charge in [-0.1, -0.05) is 36.4 Å². The van der Waals surface area contributed by atoms with Gasteiger partial charge in [0.25, 0.3) is 0 Å². The topological polar surface area (TPSA) is 70.0 Å². The normalized spacial score (nSPS) is 24.2. The highest BCUT2D eigenvalue weighted by atomic mass is 16.3. The van der Waals surface area contributed by atoms with Gasteiger partial charge in [-0.2, -0.15) is 0 Å². The maximum Gasteiger partial charge on any atom is 0.230 e. The van der Waals surface area contributed by atoms with Gasteiger partial charge < -0.3 is 20.0 Å². The van der Waals surface area contributed by atoms with Gasteiger partial charge >= 0.3 is 0 Å². The Hall–Kier alpha value is -3.05. The zero-order valence-electron chi connectivity index (χ0n) is 15.4. The summed E-state index contributed by atoms with van der Waals surface area (Å²) in [6.07, 6.45) is 5.38. The number of aryl methyl sites for hydroxylation is 2. The molecule has 3 atom stereocenters. The number of hydrogen-bond acceptors (Lipinski definition) is 2. The number of nitrogens with one attached hydrogen (secondary N) is 2. The molecule has 0 aliphatic carbocycles. The number of fused-ring (bicyclic) bond motifs is 1. The first-order chi connectivity index (χ1) is 13.7. The van der Waals surface area contributed by atoms with Gasteiger partial charge in [-0.05, 0) is 35.6 Å². The lowest BCUT2D eigenvalue weighted by Gasteiger charge is -2.19. The second-order valence-corrected chi connectivity index (χ2v) is 7.94. The largest absolute Gasteiger partial charge is 0.373 e. The standard InChI is InChI=1S/C23H21N3O2/c27-22-19(16-11-24-18-9-2-1-7-14(16)18)20(23(28)25-22)17-12-26-10-4-6-13-5-3-8-15(17)21(13)26/h1-3,5,7-9,11-12,19-20,23-24,28H,4,6,10H2,(H,25,27)/t19-,20-,23?/m0/s1. The van der Waals surface area contributed by atoms with E-state index in [-0.39, 0.29) is 11.8 Å². The van der Waals surface area contributed by atoms with E-state index in [1.807, 2.05) is 30.5 Å². The van der Waals surface area contributed by atoms with Crippen LogP contribution in [-0.4, -0.2) is 26.8 Å². The molecule has 1 saturated heterocycles. The average Bonchev–Trinajstić information content (AvgIpc) is 3.37. The molecule has 2 aromatic heterocycles. The van der Waals surface area contributed by atoms with Gasteiger partial charge in [0.05, 0.1) is 11.4 Å². The van der Waals surface area contributed by atoms with E-state index in [1.54, 1.807) is 0 Å². The van der Waals surface area contributed by atoms with E-state index in [9.17, 15) is 9.90 Å². The number of aromatic amines is 1. The molecule has 1 unspecified atom stereocenters. The highest BCUT2D eigenvalue weighted by Gasteiger charge is 2.45. The van der Waals surface area contributed by atoms with E-state index >= 15 is 0 Å². The first-order valence-corrected chi connectivity index (χ1v) is 9.87. The lowest BCUT2D eigenvalue weighted by Crippen LogP contribution is -2.27. The molecule has 0 spiro atoms. The Balaban J connectivity index is 1.57. The number of nitrogens with zero attached hydrogens (tertiary/aromatic N) is 1. The summed E-state index contributed by atoms with van der Waals surface area (Å²) in [5.41, 5.74) is 5.62. The van der Waals surface area contributed by atoms with Crippen molar-refractivity contribution in [2.24, 2.45) is 0 Å². The fraction of sp³-hybridized carbons (Fsp3) is 0.261. The molecular formula is C23H21N3O2. The highest BCUT2D eigenvalue weighted by molar-refractivity contribution is 5.96. The molecule has 6 rings (SSSR count). The smallest absolute Gasteiger partial charge is 0.230 e. The first kappa shape index (κ1) is 16.0. The van der Waals surface area contributed by atoms with Crippen molar-refractivity contribution in [2.45, 2.75) is 37.5 Å². The molecule has 5 nitrogen and oxygen atoms in total. The SMILES string of the molecule is O=C1NC(O)[C@@H](c2cn3c4c(cccc24)CCC3)[C@@H]1c1c[nH]c2ccccc12. The molecule has 2 aliphatic heterocycles. The van der Waals surface area contributed by atoms with Crippen LogP contribution in [-0.2, 0) is 17.8 Å². The van der Waals surface area contributed by atoms with Crippen molar-refractivity contribution in [3.05, 3.63) is 71.5 Å². The Kier molecular flexibility index (Phi) is 3.26. The van der Waals surface area contributed by atoms with Crippen molar-refractivity contribution in [1.82, 2.24) is 14.9 Å². The summed E-state index contributed by atoms with van der Waals surface area (Å²) in [5, 5.41) is 15.8. The van der Waals surface area contributed by atoms with Crippen LogP contribution in [0.2, 0.25) is 0 Å². The van der Waals surface area contributed by atoms with Crippen LogP contribution in [0.4, 0.5) is 0 Å². The number of benzene rings is 2. The van der Waals surface area contributed by atoms with Gasteiger partial charge in [0.1, 0.15) is 6.23 Å².